The first-order valence-corrected chi connectivity index (χ1v) is 5.69. The lowest BCUT2D eigenvalue weighted by Crippen LogP contribution is -2.51. The number of hydrogen-bond acceptors (Lipinski definition) is 3. The SMILES string of the molecule is CC(C)OC(C)(CN)C1CSC1. The molecule has 1 atom stereocenters. The Bertz CT molecular complexity index is 147. The Hall–Kier alpha value is 0.270. The van der Waals surface area contributed by atoms with E-state index in [-0.39, 0.29) is 11.7 Å². The summed E-state index contributed by atoms with van der Waals surface area (Å²) in [4.78, 5) is 0. The van der Waals surface area contributed by atoms with Crippen molar-refractivity contribution in [3.63, 3.8) is 0 Å². The second kappa shape index (κ2) is 3.99. The van der Waals surface area contributed by atoms with Gasteiger partial charge in [-0.15, -0.1) is 0 Å². The number of rotatable bonds is 4. The van der Waals surface area contributed by atoms with Crippen LogP contribution in [-0.2, 0) is 4.74 Å². The molecule has 0 saturated carbocycles. The van der Waals surface area contributed by atoms with E-state index >= 15 is 0 Å². The Morgan fingerprint density at radius 3 is 2.42 bits per heavy atom. The summed E-state index contributed by atoms with van der Waals surface area (Å²) in [7, 11) is 0. The molecule has 0 bridgehead atoms. The molecule has 1 aliphatic heterocycles. The first-order chi connectivity index (χ1) is 5.58. The Labute approximate surface area is 79.2 Å². The van der Waals surface area contributed by atoms with Gasteiger partial charge in [-0.3, -0.25) is 0 Å². The second-order valence-corrected chi connectivity index (χ2v) is 4.99. The predicted molar refractivity (Wildman–Crippen MR) is 54.5 cm³/mol. The highest BCUT2D eigenvalue weighted by molar-refractivity contribution is 8.00. The van der Waals surface area contributed by atoms with Crippen LogP contribution in [0.25, 0.3) is 0 Å². The number of nitrogens with two attached hydrogens (primary N) is 1. The molecule has 1 heterocycles. The molecule has 72 valence electrons. The maximum atomic E-state index is 5.85. The van der Waals surface area contributed by atoms with Crippen LogP contribution in [0.3, 0.4) is 0 Å². The van der Waals surface area contributed by atoms with E-state index in [1.165, 1.54) is 11.5 Å². The normalized spacial score (nSPS) is 23.8. The lowest BCUT2D eigenvalue weighted by molar-refractivity contribution is -0.0899. The van der Waals surface area contributed by atoms with Crippen LogP contribution in [0.5, 0.6) is 0 Å². The highest BCUT2D eigenvalue weighted by atomic mass is 32.2. The van der Waals surface area contributed by atoms with Crippen molar-refractivity contribution in [3.05, 3.63) is 0 Å². The summed E-state index contributed by atoms with van der Waals surface area (Å²) in [5, 5.41) is 0. The molecule has 1 rings (SSSR count). The van der Waals surface area contributed by atoms with Gasteiger partial charge in [0, 0.05) is 12.5 Å². The first kappa shape index (κ1) is 10.4. The molecule has 3 heteroatoms. The lowest BCUT2D eigenvalue weighted by Gasteiger charge is -2.42. The smallest absolute Gasteiger partial charge is 0.0823 e. The van der Waals surface area contributed by atoms with Crippen LogP contribution >= 0.6 is 11.8 Å². The zero-order valence-electron chi connectivity index (χ0n) is 8.17. The van der Waals surface area contributed by atoms with E-state index in [4.69, 9.17) is 10.5 Å². The largest absolute Gasteiger partial charge is 0.371 e. The average molecular weight is 189 g/mol. The molecule has 0 aromatic heterocycles. The van der Waals surface area contributed by atoms with Crippen LogP contribution in [0.1, 0.15) is 20.8 Å². The Kier molecular flexibility index (Phi) is 3.44. The highest BCUT2D eigenvalue weighted by Crippen LogP contribution is 2.36. The van der Waals surface area contributed by atoms with Gasteiger partial charge < -0.3 is 10.5 Å². The molecule has 1 aliphatic rings. The first-order valence-electron chi connectivity index (χ1n) is 4.54. The van der Waals surface area contributed by atoms with Gasteiger partial charge in [-0.25, -0.2) is 0 Å². The van der Waals surface area contributed by atoms with Crippen LogP contribution in [0.4, 0.5) is 0 Å². The molecule has 0 spiro atoms. The van der Waals surface area contributed by atoms with Crippen molar-refractivity contribution >= 4 is 11.8 Å². The summed E-state index contributed by atoms with van der Waals surface area (Å²) in [5.74, 6) is 3.08. The molecule has 1 fully saturated rings. The van der Waals surface area contributed by atoms with Crippen LogP contribution in [0, 0.1) is 5.92 Å². The number of ether oxygens (including phenoxy) is 1. The van der Waals surface area contributed by atoms with Crippen molar-refractivity contribution in [1.82, 2.24) is 0 Å². The van der Waals surface area contributed by atoms with Gasteiger partial charge in [-0.1, -0.05) is 0 Å². The van der Waals surface area contributed by atoms with Crippen LogP contribution in [0.2, 0.25) is 0 Å². The Morgan fingerprint density at radius 2 is 2.17 bits per heavy atom. The fraction of sp³-hybridized carbons (Fsp3) is 1.00. The molecule has 1 saturated heterocycles. The zero-order valence-corrected chi connectivity index (χ0v) is 8.99. The maximum absolute atomic E-state index is 5.85. The molecule has 0 amide bonds. The standard InChI is InChI=1S/C9H19NOS/c1-7(2)11-9(3,6-10)8-4-12-5-8/h7-8H,4-6,10H2,1-3H3. The topological polar surface area (TPSA) is 35.2 Å². The van der Waals surface area contributed by atoms with E-state index < -0.39 is 0 Å². The Balaban J connectivity index is 2.48. The fourth-order valence-corrected chi connectivity index (χ4v) is 2.61. The minimum absolute atomic E-state index is 0.0839. The minimum atomic E-state index is -0.0839. The van der Waals surface area contributed by atoms with Gasteiger partial charge in [0.25, 0.3) is 0 Å². The summed E-state index contributed by atoms with van der Waals surface area (Å²) < 4.78 is 5.85. The summed E-state index contributed by atoms with van der Waals surface area (Å²) in [5.41, 5.74) is 5.65. The van der Waals surface area contributed by atoms with Crippen molar-refractivity contribution in [3.8, 4) is 0 Å². The van der Waals surface area contributed by atoms with Gasteiger partial charge in [0.05, 0.1) is 11.7 Å². The fourth-order valence-electron chi connectivity index (χ4n) is 1.44. The highest BCUT2D eigenvalue weighted by Gasteiger charge is 2.38. The molecule has 0 aromatic rings. The zero-order chi connectivity index (χ0) is 9.19. The third-order valence-corrected chi connectivity index (χ3v) is 3.69. The second-order valence-electron chi connectivity index (χ2n) is 3.92. The van der Waals surface area contributed by atoms with Crippen LogP contribution in [-0.4, -0.2) is 29.8 Å². The molecule has 0 aromatic carbocycles. The van der Waals surface area contributed by atoms with E-state index in [1.807, 2.05) is 11.8 Å². The molecule has 2 nitrogen and oxygen atoms in total. The van der Waals surface area contributed by atoms with Crippen molar-refractivity contribution in [2.75, 3.05) is 18.1 Å². The summed E-state index contributed by atoms with van der Waals surface area (Å²) in [6.07, 6.45) is 0.282. The van der Waals surface area contributed by atoms with E-state index in [1.54, 1.807) is 0 Å². The van der Waals surface area contributed by atoms with Crippen molar-refractivity contribution in [1.29, 1.82) is 0 Å². The molecular weight excluding hydrogens is 170 g/mol. The van der Waals surface area contributed by atoms with E-state index in [0.717, 1.165) is 0 Å². The number of thioether (sulfide) groups is 1. The molecule has 0 radical (unpaired) electrons. The van der Waals surface area contributed by atoms with Gasteiger partial charge >= 0.3 is 0 Å². The van der Waals surface area contributed by atoms with Gasteiger partial charge in [0.15, 0.2) is 0 Å². The van der Waals surface area contributed by atoms with E-state index in [2.05, 4.69) is 20.8 Å². The molecule has 1 unspecified atom stereocenters. The summed E-state index contributed by atoms with van der Waals surface area (Å²) in [6.45, 7) is 6.91. The van der Waals surface area contributed by atoms with Crippen molar-refractivity contribution < 1.29 is 4.74 Å². The summed E-state index contributed by atoms with van der Waals surface area (Å²) in [6, 6.07) is 0. The minimum Gasteiger partial charge on any atom is -0.371 e. The molecular formula is C9H19NOS. The van der Waals surface area contributed by atoms with Gasteiger partial charge in [0.1, 0.15) is 0 Å². The van der Waals surface area contributed by atoms with Crippen LogP contribution < -0.4 is 5.73 Å². The van der Waals surface area contributed by atoms with Gasteiger partial charge in [-0.05, 0) is 32.3 Å². The number of hydrogen-bond donors (Lipinski definition) is 1. The molecule has 12 heavy (non-hydrogen) atoms. The van der Waals surface area contributed by atoms with E-state index in [0.29, 0.717) is 12.5 Å². The Morgan fingerprint density at radius 1 is 1.58 bits per heavy atom. The molecule has 0 aliphatic carbocycles. The predicted octanol–water partition coefficient (Wildman–Crippen LogP) is 1.49. The summed E-state index contributed by atoms with van der Waals surface area (Å²) >= 11 is 1.98. The van der Waals surface area contributed by atoms with Gasteiger partial charge in [0.2, 0.25) is 0 Å². The lowest BCUT2D eigenvalue weighted by atomic mass is 9.91. The third-order valence-electron chi connectivity index (χ3n) is 2.41. The quantitative estimate of drug-likeness (QED) is 0.728. The van der Waals surface area contributed by atoms with E-state index in [9.17, 15) is 0 Å². The maximum Gasteiger partial charge on any atom is 0.0823 e. The third kappa shape index (κ3) is 2.15. The monoisotopic (exact) mass is 189 g/mol. The van der Waals surface area contributed by atoms with Gasteiger partial charge in [-0.2, -0.15) is 11.8 Å². The molecule has 2 N–H and O–H groups in total. The average Bonchev–Trinajstić information content (AvgIpc) is 1.81. The van der Waals surface area contributed by atoms with Crippen molar-refractivity contribution in [2.24, 2.45) is 11.7 Å². The van der Waals surface area contributed by atoms with Crippen LogP contribution in [0.15, 0.2) is 0 Å². The van der Waals surface area contributed by atoms with Crippen molar-refractivity contribution in [2.45, 2.75) is 32.5 Å².